The summed E-state index contributed by atoms with van der Waals surface area (Å²) in [5.41, 5.74) is 2.45. The first-order chi connectivity index (χ1) is 7.24. The summed E-state index contributed by atoms with van der Waals surface area (Å²) in [4.78, 5) is 0. The molecule has 0 aliphatic heterocycles. The summed E-state index contributed by atoms with van der Waals surface area (Å²) < 4.78 is 5.03. The van der Waals surface area contributed by atoms with Gasteiger partial charge in [-0.3, -0.25) is 0 Å². The molecule has 1 aromatic rings. The molecule has 0 aliphatic rings. The van der Waals surface area contributed by atoms with Crippen molar-refractivity contribution in [1.82, 2.24) is 5.23 Å². The van der Waals surface area contributed by atoms with E-state index < -0.39 is 0 Å². The van der Waals surface area contributed by atoms with Crippen LogP contribution in [0.15, 0.2) is 42.5 Å². The van der Waals surface area contributed by atoms with Gasteiger partial charge in [-0.25, -0.2) is 0 Å². The van der Waals surface area contributed by atoms with Gasteiger partial charge >= 0.3 is 7.62 Å². The van der Waals surface area contributed by atoms with Gasteiger partial charge in [0, 0.05) is 13.2 Å². The summed E-state index contributed by atoms with van der Waals surface area (Å²) >= 11 is 0. The number of hydrogen-bond acceptors (Lipinski definition) is 2. The molecule has 3 heteroatoms. The highest BCUT2D eigenvalue weighted by Gasteiger charge is 2.10. The van der Waals surface area contributed by atoms with Crippen LogP contribution < -0.4 is 5.23 Å². The van der Waals surface area contributed by atoms with Gasteiger partial charge in [0.05, 0.1) is 0 Å². The summed E-state index contributed by atoms with van der Waals surface area (Å²) in [5.74, 6) is 0. The summed E-state index contributed by atoms with van der Waals surface area (Å²) in [6.45, 7) is 5.99. The van der Waals surface area contributed by atoms with Crippen LogP contribution in [-0.2, 0) is 4.65 Å². The molecule has 1 N–H and O–H groups in total. The van der Waals surface area contributed by atoms with E-state index in [0.29, 0.717) is 13.7 Å². The van der Waals surface area contributed by atoms with E-state index in [0.717, 1.165) is 6.42 Å². The number of hydrogen-bond donors (Lipinski definition) is 1. The molecule has 80 valence electrons. The fourth-order valence-electron chi connectivity index (χ4n) is 1.53. The van der Waals surface area contributed by atoms with Crippen molar-refractivity contribution in [1.29, 1.82) is 0 Å². The largest absolute Gasteiger partial charge is 0.427 e. The van der Waals surface area contributed by atoms with Crippen LogP contribution in [0.4, 0.5) is 0 Å². The quantitative estimate of drug-likeness (QED) is 0.565. The fourth-order valence-corrected chi connectivity index (χ4v) is 1.53. The lowest BCUT2D eigenvalue weighted by Gasteiger charge is -2.18. The van der Waals surface area contributed by atoms with E-state index in [1.165, 1.54) is 11.1 Å². The predicted octanol–water partition coefficient (Wildman–Crippen LogP) is 2.20. The lowest BCUT2D eigenvalue weighted by Crippen LogP contribution is -2.26. The molecule has 1 aromatic carbocycles. The average Bonchev–Trinajstić information content (AvgIpc) is 2.25. The standard InChI is InChI=1S/C12H18BNO/c1-10(2)9-12(14-13-15-3)11-7-5-4-6-8-11/h4-8,12-14H,1,9H2,2-3H3/t12-/m0/s1. The van der Waals surface area contributed by atoms with Gasteiger partial charge in [-0.2, -0.15) is 0 Å². The molecule has 0 saturated heterocycles. The summed E-state index contributed by atoms with van der Waals surface area (Å²) in [6, 6.07) is 10.7. The third-order valence-corrected chi connectivity index (χ3v) is 2.23. The molecular weight excluding hydrogens is 185 g/mol. The fraction of sp³-hybridized carbons (Fsp3) is 0.333. The minimum Gasteiger partial charge on any atom is -0.427 e. The average molecular weight is 203 g/mol. The Bertz CT molecular complexity index is 300. The number of nitrogens with one attached hydrogen (secondary N) is 1. The highest BCUT2D eigenvalue weighted by molar-refractivity contribution is 6.23. The Morgan fingerprint density at radius 3 is 2.67 bits per heavy atom. The summed E-state index contributed by atoms with van der Waals surface area (Å²) in [6.07, 6.45) is 0.938. The van der Waals surface area contributed by atoms with Gasteiger partial charge in [-0.15, -0.1) is 6.58 Å². The molecule has 0 heterocycles. The Morgan fingerprint density at radius 1 is 1.47 bits per heavy atom. The Balaban J connectivity index is 2.67. The van der Waals surface area contributed by atoms with Crippen LogP contribution in [0, 0.1) is 0 Å². The lowest BCUT2D eigenvalue weighted by atomic mass is 9.98. The molecule has 0 bridgehead atoms. The van der Waals surface area contributed by atoms with Crippen LogP contribution in [0.2, 0.25) is 0 Å². The van der Waals surface area contributed by atoms with Gasteiger partial charge in [-0.1, -0.05) is 35.9 Å². The maximum Gasteiger partial charge on any atom is 0.360 e. The van der Waals surface area contributed by atoms with Crippen LogP contribution in [0.5, 0.6) is 0 Å². The van der Waals surface area contributed by atoms with Crippen molar-refractivity contribution in [2.24, 2.45) is 0 Å². The Labute approximate surface area is 92.6 Å². The Morgan fingerprint density at radius 2 is 2.13 bits per heavy atom. The third kappa shape index (κ3) is 4.32. The molecule has 0 aromatic heterocycles. The van der Waals surface area contributed by atoms with Gasteiger partial charge < -0.3 is 9.88 Å². The highest BCUT2D eigenvalue weighted by Crippen LogP contribution is 2.19. The highest BCUT2D eigenvalue weighted by atomic mass is 16.4. The SMILES string of the molecule is C=C(C)C[C@H](NBOC)c1ccccc1. The van der Waals surface area contributed by atoms with Gasteiger partial charge in [0.2, 0.25) is 0 Å². The van der Waals surface area contributed by atoms with E-state index in [1.54, 1.807) is 7.11 Å². The molecular formula is C12H18BNO. The van der Waals surface area contributed by atoms with Crippen molar-refractivity contribution < 1.29 is 4.65 Å². The third-order valence-electron chi connectivity index (χ3n) is 2.23. The number of rotatable bonds is 6. The molecule has 0 aliphatic carbocycles. The maximum atomic E-state index is 5.03. The maximum absolute atomic E-state index is 5.03. The van der Waals surface area contributed by atoms with Crippen LogP contribution in [-0.4, -0.2) is 14.7 Å². The van der Waals surface area contributed by atoms with E-state index in [2.05, 4.69) is 36.1 Å². The first-order valence-corrected chi connectivity index (χ1v) is 5.15. The van der Waals surface area contributed by atoms with Crippen molar-refractivity contribution in [3.8, 4) is 0 Å². The van der Waals surface area contributed by atoms with Gasteiger partial charge in [0.1, 0.15) is 0 Å². The molecule has 0 spiro atoms. The van der Waals surface area contributed by atoms with Crippen molar-refractivity contribution >= 4 is 7.62 Å². The van der Waals surface area contributed by atoms with Gasteiger partial charge in [-0.05, 0) is 18.9 Å². The monoisotopic (exact) mass is 203 g/mol. The van der Waals surface area contributed by atoms with Crippen LogP contribution in [0.1, 0.15) is 24.9 Å². The van der Waals surface area contributed by atoms with E-state index in [-0.39, 0.29) is 0 Å². The smallest absolute Gasteiger partial charge is 0.360 e. The van der Waals surface area contributed by atoms with E-state index in [9.17, 15) is 0 Å². The zero-order chi connectivity index (χ0) is 11.1. The minimum atomic E-state index is 0.295. The Kier molecular flexibility index (Phi) is 5.15. The van der Waals surface area contributed by atoms with E-state index in [4.69, 9.17) is 4.65 Å². The van der Waals surface area contributed by atoms with Crippen LogP contribution in [0.25, 0.3) is 0 Å². The minimum absolute atomic E-state index is 0.295. The predicted molar refractivity (Wildman–Crippen MR) is 65.9 cm³/mol. The van der Waals surface area contributed by atoms with Crippen LogP contribution in [0.3, 0.4) is 0 Å². The topological polar surface area (TPSA) is 21.3 Å². The molecule has 0 saturated carbocycles. The van der Waals surface area contributed by atoms with Crippen LogP contribution >= 0.6 is 0 Å². The summed E-state index contributed by atoms with van der Waals surface area (Å²) in [5, 5.41) is 3.33. The van der Waals surface area contributed by atoms with E-state index in [1.807, 2.05) is 13.0 Å². The van der Waals surface area contributed by atoms with Gasteiger partial charge in [0.15, 0.2) is 0 Å². The molecule has 15 heavy (non-hydrogen) atoms. The number of benzene rings is 1. The molecule has 0 fully saturated rings. The normalized spacial score (nSPS) is 12.1. The molecule has 2 nitrogen and oxygen atoms in total. The molecule has 0 radical (unpaired) electrons. The first-order valence-electron chi connectivity index (χ1n) is 5.15. The zero-order valence-corrected chi connectivity index (χ0v) is 9.49. The van der Waals surface area contributed by atoms with Crippen molar-refractivity contribution in [2.75, 3.05) is 7.11 Å². The van der Waals surface area contributed by atoms with Crippen molar-refractivity contribution in [3.63, 3.8) is 0 Å². The second-order valence-electron chi connectivity index (χ2n) is 3.76. The Hall–Kier alpha value is -1.06. The molecule has 0 unspecified atom stereocenters. The summed E-state index contributed by atoms with van der Waals surface area (Å²) in [7, 11) is 2.25. The molecule has 0 amide bonds. The second-order valence-corrected chi connectivity index (χ2v) is 3.76. The van der Waals surface area contributed by atoms with E-state index >= 15 is 0 Å². The molecule has 1 rings (SSSR count). The van der Waals surface area contributed by atoms with Crippen molar-refractivity contribution in [2.45, 2.75) is 19.4 Å². The lowest BCUT2D eigenvalue weighted by molar-refractivity contribution is 0.420. The zero-order valence-electron chi connectivity index (χ0n) is 9.49. The first kappa shape index (κ1) is 12.0. The molecule has 1 atom stereocenters. The van der Waals surface area contributed by atoms with Crippen molar-refractivity contribution in [3.05, 3.63) is 48.0 Å². The second kappa shape index (κ2) is 6.43. The van der Waals surface area contributed by atoms with Gasteiger partial charge in [0.25, 0.3) is 0 Å².